The Labute approximate surface area is 136 Å². The molecule has 4 rings (SSSR count). The Kier molecular flexibility index (Phi) is 4.60. The molecule has 3 fully saturated rings. The van der Waals surface area contributed by atoms with Crippen LogP contribution >= 0.6 is 12.2 Å². The van der Waals surface area contributed by atoms with Gasteiger partial charge in [-0.25, -0.2) is 4.39 Å². The maximum Gasteiger partial charge on any atom is 0.170 e. The Balaban J connectivity index is 1.48. The predicted molar refractivity (Wildman–Crippen MR) is 91.0 cm³/mol. The third kappa shape index (κ3) is 3.40. The van der Waals surface area contributed by atoms with Gasteiger partial charge in [-0.3, -0.25) is 4.90 Å². The lowest BCUT2D eigenvalue weighted by Gasteiger charge is -2.48. The van der Waals surface area contributed by atoms with Crippen LogP contribution < -0.4 is 10.6 Å². The second kappa shape index (κ2) is 6.64. The number of benzene rings is 1. The van der Waals surface area contributed by atoms with Crippen LogP contribution in [0.4, 0.5) is 10.1 Å². The lowest BCUT2D eigenvalue weighted by atomic mass is 9.76. The van der Waals surface area contributed by atoms with Gasteiger partial charge in [0.2, 0.25) is 0 Å². The predicted octanol–water partition coefficient (Wildman–Crippen LogP) is 2.46. The monoisotopic (exact) mass is 317 g/mol. The smallest absolute Gasteiger partial charge is 0.170 e. The van der Waals surface area contributed by atoms with Crippen LogP contribution in [0.25, 0.3) is 0 Å². The minimum atomic E-state index is -0.251. The van der Waals surface area contributed by atoms with Gasteiger partial charge in [0, 0.05) is 30.7 Å². The molecule has 2 bridgehead atoms. The lowest BCUT2D eigenvalue weighted by molar-refractivity contribution is 0.0248. The van der Waals surface area contributed by atoms with Crippen LogP contribution in [-0.4, -0.2) is 35.7 Å². The summed E-state index contributed by atoms with van der Waals surface area (Å²) in [6.07, 6.45) is 7.96. The number of hydrogen-bond acceptors (Lipinski definition) is 2. The maximum absolute atomic E-state index is 12.9. The number of fused-ring (bicyclic) bond motifs is 3. The first-order valence-electron chi connectivity index (χ1n) is 7.66. The van der Waals surface area contributed by atoms with Crippen molar-refractivity contribution in [3.63, 3.8) is 0 Å². The highest BCUT2D eigenvalue weighted by Gasteiger charge is 2.38. The lowest BCUT2D eigenvalue weighted by Crippen LogP contribution is -2.56. The van der Waals surface area contributed by atoms with Crippen molar-refractivity contribution in [1.82, 2.24) is 10.2 Å². The van der Waals surface area contributed by atoms with Crippen molar-refractivity contribution in [1.29, 1.82) is 0 Å². The summed E-state index contributed by atoms with van der Waals surface area (Å²) in [4.78, 5) is 2.47. The zero-order valence-electron chi connectivity index (χ0n) is 12.4. The molecule has 1 aromatic carbocycles. The van der Waals surface area contributed by atoms with Crippen molar-refractivity contribution in [2.45, 2.75) is 18.9 Å². The molecule has 3 aliphatic rings. The summed E-state index contributed by atoms with van der Waals surface area (Å²) in [5.41, 5.74) is 0.789. The summed E-state index contributed by atoms with van der Waals surface area (Å²) < 4.78 is 12.9. The summed E-state index contributed by atoms with van der Waals surface area (Å²) in [6.45, 7) is 2.96. The number of hydrogen-bond donors (Lipinski definition) is 2. The van der Waals surface area contributed by atoms with Crippen molar-refractivity contribution >= 4 is 23.0 Å². The van der Waals surface area contributed by atoms with Crippen molar-refractivity contribution in [3.05, 3.63) is 30.1 Å². The van der Waals surface area contributed by atoms with Crippen LogP contribution in [0.2, 0.25) is 0 Å². The van der Waals surface area contributed by atoms with Gasteiger partial charge in [-0.05, 0) is 61.8 Å². The number of rotatable bonds is 3. The highest BCUT2D eigenvalue weighted by Crippen LogP contribution is 2.35. The fourth-order valence-electron chi connectivity index (χ4n) is 3.46. The molecule has 22 heavy (non-hydrogen) atoms. The first-order chi connectivity index (χ1) is 10.7. The molecule has 0 aromatic heterocycles. The Morgan fingerprint density at radius 2 is 2.18 bits per heavy atom. The van der Waals surface area contributed by atoms with E-state index >= 15 is 0 Å². The Hall–Kier alpha value is -1.64. The largest absolute Gasteiger partial charge is 0.361 e. The molecule has 116 valence electrons. The van der Waals surface area contributed by atoms with Crippen LogP contribution in [0.5, 0.6) is 0 Å². The van der Waals surface area contributed by atoms with E-state index in [9.17, 15) is 4.39 Å². The highest BCUT2D eigenvalue weighted by molar-refractivity contribution is 7.80. The minimum absolute atomic E-state index is 0.251. The van der Waals surface area contributed by atoms with E-state index in [0.717, 1.165) is 31.7 Å². The number of thiocarbonyl (C=S) groups is 1. The average Bonchev–Trinajstić information content (AvgIpc) is 2.55. The maximum atomic E-state index is 12.9. The zero-order valence-corrected chi connectivity index (χ0v) is 13.2. The van der Waals surface area contributed by atoms with Gasteiger partial charge < -0.3 is 10.6 Å². The highest BCUT2D eigenvalue weighted by atomic mass is 32.1. The van der Waals surface area contributed by atoms with Crippen molar-refractivity contribution in [2.24, 2.45) is 11.8 Å². The number of nitrogens with zero attached hydrogens (tertiary/aromatic N) is 1. The van der Waals surface area contributed by atoms with E-state index in [2.05, 4.69) is 21.5 Å². The minimum Gasteiger partial charge on any atom is -0.361 e. The van der Waals surface area contributed by atoms with Gasteiger partial charge in [0.05, 0.1) is 0 Å². The molecular formula is C17H20FN3S. The Bertz CT molecular complexity index is 581. The van der Waals surface area contributed by atoms with Gasteiger partial charge >= 0.3 is 0 Å². The van der Waals surface area contributed by atoms with Gasteiger partial charge in [-0.1, -0.05) is 0 Å². The zero-order chi connectivity index (χ0) is 15.5. The van der Waals surface area contributed by atoms with Gasteiger partial charge in [0.15, 0.2) is 5.11 Å². The molecule has 3 aliphatic heterocycles. The standard InChI is InChI=1S/C17H20FN3S/c1-2-12-11-21-8-7-13(12)9-16(21)10-19-17(22)20-15-5-3-14(18)4-6-15/h1,3-6,12-13,16H,7-11H2,(H2,19,20,22)/t12-,13-,16+/m0/s1. The average molecular weight is 317 g/mol. The molecule has 0 amide bonds. The summed E-state index contributed by atoms with van der Waals surface area (Å²) >= 11 is 5.30. The van der Waals surface area contributed by atoms with E-state index < -0.39 is 0 Å². The second-order valence-corrected chi connectivity index (χ2v) is 6.46. The molecule has 5 heteroatoms. The Morgan fingerprint density at radius 3 is 2.82 bits per heavy atom. The van der Waals surface area contributed by atoms with Gasteiger partial charge in [0.1, 0.15) is 5.82 Å². The van der Waals surface area contributed by atoms with E-state index in [1.165, 1.54) is 18.6 Å². The molecule has 0 aliphatic carbocycles. The third-order valence-corrected chi connectivity index (χ3v) is 4.94. The molecule has 1 aromatic rings. The molecule has 2 N–H and O–H groups in total. The number of terminal acetylenes is 1. The van der Waals surface area contributed by atoms with Crippen LogP contribution in [-0.2, 0) is 0 Å². The quantitative estimate of drug-likeness (QED) is 0.661. The van der Waals surface area contributed by atoms with Gasteiger partial charge in [-0.15, -0.1) is 12.3 Å². The number of nitrogens with one attached hydrogen (secondary N) is 2. The SMILES string of the molecule is C#C[C@H]1CN2CC[C@H]1C[C@@H]2CNC(=S)Nc1ccc(F)cc1. The number of anilines is 1. The summed E-state index contributed by atoms with van der Waals surface area (Å²) in [7, 11) is 0. The van der Waals surface area contributed by atoms with Crippen LogP contribution in [0.15, 0.2) is 24.3 Å². The summed E-state index contributed by atoms with van der Waals surface area (Å²) in [6, 6.07) is 6.67. The van der Waals surface area contributed by atoms with E-state index in [-0.39, 0.29) is 5.82 Å². The topological polar surface area (TPSA) is 27.3 Å². The molecule has 0 radical (unpaired) electrons. The fraction of sp³-hybridized carbons (Fsp3) is 0.471. The van der Waals surface area contributed by atoms with Crippen molar-refractivity contribution in [2.75, 3.05) is 25.0 Å². The van der Waals surface area contributed by atoms with Crippen molar-refractivity contribution in [3.8, 4) is 12.3 Å². The number of halogens is 1. The number of piperidine rings is 3. The van der Waals surface area contributed by atoms with E-state index in [4.69, 9.17) is 18.6 Å². The summed E-state index contributed by atoms with van der Waals surface area (Å²) in [5.74, 6) is 3.74. The van der Waals surface area contributed by atoms with Crippen LogP contribution in [0.3, 0.4) is 0 Å². The first kappa shape index (κ1) is 15.3. The van der Waals surface area contributed by atoms with Crippen LogP contribution in [0.1, 0.15) is 12.8 Å². The second-order valence-electron chi connectivity index (χ2n) is 6.05. The molecule has 0 saturated carbocycles. The fourth-order valence-corrected chi connectivity index (χ4v) is 3.66. The summed E-state index contributed by atoms with van der Waals surface area (Å²) in [5, 5.41) is 6.91. The molecule has 4 atom stereocenters. The molecule has 3 heterocycles. The molecule has 1 unspecified atom stereocenters. The molecule has 0 spiro atoms. The molecule has 3 nitrogen and oxygen atoms in total. The first-order valence-corrected chi connectivity index (χ1v) is 8.07. The van der Waals surface area contributed by atoms with E-state index in [0.29, 0.717) is 23.0 Å². The van der Waals surface area contributed by atoms with Gasteiger partial charge in [-0.2, -0.15) is 0 Å². The third-order valence-electron chi connectivity index (χ3n) is 4.69. The molecule has 3 saturated heterocycles. The van der Waals surface area contributed by atoms with E-state index in [1.807, 2.05) is 0 Å². The Morgan fingerprint density at radius 1 is 1.41 bits per heavy atom. The van der Waals surface area contributed by atoms with Crippen molar-refractivity contribution < 1.29 is 4.39 Å². The van der Waals surface area contributed by atoms with E-state index in [1.54, 1.807) is 12.1 Å². The van der Waals surface area contributed by atoms with Crippen LogP contribution in [0, 0.1) is 30.0 Å². The normalized spacial score (nSPS) is 29.6. The molecular weight excluding hydrogens is 297 g/mol. The van der Waals surface area contributed by atoms with Gasteiger partial charge in [0.25, 0.3) is 0 Å².